The van der Waals surface area contributed by atoms with E-state index in [4.69, 9.17) is 5.11 Å². The number of aliphatic carboxylic acids is 1. The van der Waals surface area contributed by atoms with Crippen LogP contribution in [0.1, 0.15) is 30.5 Å². The van der Waals surface area contributed by atoms with E-state index in [1.165, 1.54) is 6.07 Å². The largest absolute Gasteiger partial charge is 0.481 e. The molecule has 1 saturated carbocycles. The standard InChI is InChI=1S/C13H15F3N2O2/c14-13(15,16)10-3-2-9(7-18-10)6-17-8-12(11(19)20)4-1-5-12/h2-3,7,17H,1,4-6,8H2,(H,19,20). The Morgan fingerprint density at radius 2 is 2.10 bits per heavy atom. The van der Waals surface area contributed by atoms with Gasteiger partial charge >= 0.3 is 12.1 Å². The van der Waals surface area contributed by atoms with Crippen LogP contribution in [0.4, 0.5) is 13.2 Å². The summed E-state index contributed by atoms with van der Waals surface area (Å²) in [4.78, 5) is 14.5. The van der Waals surface area contributed by atoms with Crippen molar-refractivity contribution in [1.82, 2.24) is 10.3 Å². The minimum atomic E-state index is -4.44. The number of nitrogens with one attached hydrogen (secondary N) is 1. The highest BCUT2D eigenvalue weighted by atomic mass is 19.4. The van der Waals surface area contributed by atoms with Crippen LogP contribution in [-0.4, -0.2) is 22.6 Å². The summed E-state index contributed by atoms with van der Waals surface area (Å²) >= 11 is 0. The van der Waals surface area contributed by atoms with E-state index in [0.717, 1.165) is 18.7 Å². The van der Waals surface area contributed by atoms with E-state index < -0.39 is 23.3 Å². The monoisotopic (exact) mass is 288 g/mol. The number of carboxylic acids is 1. The van der Waals surface area contributed by atoms with Gasteiger partial charge in [0.05, 0.1) is 5.41 Å². The molecular formula is C13H15F3N2O2. The molecule has 1 heterocycles. The lowest BCUT2D eigenvalue weighted by Crippen LogP contribution is -2.45. The highest BCUT2D eigenvalue weighted by Gasteiger charge is 2.43. The Balaban J connectivity index is 1.87. The third-order valence-corrected chi connectivity index (χ3v) is 3.67. The predicted octanol–water partition coefficient (Wildman–Crippen LogP) is 2.44. The number of aromatic nitrogens is 1. The summed E-state index contributed by atoms with van der Waals surface area (Å²) in [6.45, 7) is 0.628. The number of nitrogens with zero attached hydrogens (tertiary/aromatic N) is 1. The molecule has 7 heteroatoms. The molecule has 0 unspecified atom stereocenters. The fourth-order valence-corrected chi connectivity index (χ4v) is 2.21. The summed E-state index contributed by atoms with van der Waals surface area (Å²) in [5, 5.41) is 12.1. The van der Waals surface area contributed by atoms with Gasteiger partial charge in [-0.1, -0.05) is 12.5 Å². The van der Waals surface area contributed by atoms with Crippen LogP contribution in [0.5, 0.6) is 0 Å². The maximum Gasteiger partial charge on any atom is 0.433 e. The van der Waals surface area contributed by atoms with Gasteiger partial charge in [-0.3, -0.25) is 9.78 Å². The van der Waals surface area contributed by atoms with Crippen LogP contribution in [0.2, 0.25) is 0 Å². The van der Waals surface area contributed by atoms with Gasteiger partial charge in [-0.15, -0.1) is 0 Å². The zero-order valence-electron chi connectivity index (χ0n) is 10.7. The van der Waals surface area contributed by atoms with Crippen LogP contribution in [0.3, 0.4) is 0 Å². The van der Waals surface area contributed by atoms with Gasteiger partial charge < -0.3 is 10.4 Å². The second kappa shape index (κ2) is 5.40. The zero-order chi connectivity index (χ0) is 14.8. The molecule has 1 aliphatic rings. The molecule has 0 amide bonds. The number of hydrogen-bond acceptors (Lipinski definition) is 3. The number of pyridine rings is 1. The van der Waals surface area contributed by atoms with Crippen LogP contribution >= 0.6 is 0 Å². The maximum absolute atomic E-state index is 12.3. The van der Waals surface area contributed by atoms with Crippen LogP contribution < -0.4 is 5.32 Å². The average Bonchev–Trinajstić information content (AvgIpc) is 2.31. The second-order valence-electron chi connectivity index (χ2n) is 5.09. The van der Waals surface area contributed by atoms with Crippen molar-refractivity contribution in [2.45, 2.75) is 32.0 Å². The molecule has 2 rings (SSSR count). The molecule has 4 nitrogen and oxygen atoms in total. The van der Waals surface area contributed by atoms with Crippen LogP contribution in [0.15, 0.2) is 18.3 Å². The van der Waals surface area contributed by atoms with Gasteiger partial charge in [-0.05, 0) is 24.5 Å². The lowest BCUT2D eigenvalue weighted by molar-refractivity contribution is -0.154. The molecule has 1 aromatic heterocycles. The number of carbonyl (C=O) groups is 1. The first-order chi connectivity index (χ1) is 9.33. The minimum absolute atomic E-state index is 0.306. The maximum atomic E-state index is 12.3. The fourth-order valence-electron chi connectivity index (χ4n) is 2.21. The summed E-state index contributed by atoms with van der Waals surface area (Å²) in [6, 6.07) is 2.27. The van der Waals surface area contributed by atoms with Crippen molar-refractivity contribution in [3.63, 3.8) is 0 Å². The quantitative estimate of drug-likeness (QED) is 0.873. The van der Waals surface area contributed by atoms with Crippen molar-refractivity contribution >= 4 is 5.97 Å². The zero-order valence-corrected chi connectivity index (χ0v) is 10.7. The number of rotatable bonds is 5. The highest BCUT2D eigenvalue weighted by Crippen LogP contribution is 2.40. The molecule has 0 radical (unpaired) electrons. The average molecular weight is 288 g/mol. The summed E-state index contributed by atoms with van der Waals surface area (Å²) in [6.07, 6.45) is -1.10. The highest BCUT2D eigenvalue weighted by molar-refractivity contribution is 5.76. The smallest absolute Gasteiger partial charge is 0.433 e. The minimum Gasteiger partial charge on any atom is -0.481 e. The topological polar surface area (TPSA) is 62.2 Å². The van der Waals surface area contributed by atoms with Gasteiger partial charge in [-0.25, -0.2) is 0 Å². The van der Waals surface area contributed by atoms with E-state index >= 15 is 0 Å². The molecule has 1 fully saturated rings. The third kappa shape index (κ3) is 3.09. The molecule has 20 heavy (non-hydrogen) atoms. The molecule has 0 spiro atoms. The first-order valence-electron chi connectivity index (χ1n) is 6.30. The second-order valence-corrected chi connectivity index (χ2v) is 5.09. The number of alkyl halides is 3. The Hall–Kier alpha value is -1.63. The van der Waals surface area contributed by atoms with Gasteiger partial charge in [0.2, 0.25) is 0 Å². The number of hydrogen-bond donors (Lipinski definition) is 2. The molecule has 1 aliphatic carbocycles. The van der Waals surface area contributed by atoms with Crippen molar-refractivity contribution in [2.75, 3.05) is 6.54 Å². The van der Waals surface area contributed by atoms with E-state index in [2.05, 4.69) is 10.3 Å². The van der Waals surface area contributed by atoms with E-state index in [0.29, 0.717) is 31.5 Å². The Labute approximate surface area is 114 Å². The van der Waals surface area contributed by atoms with Gasteiger partial charge in [0.25, 0.3) is 0 Å². The van der Waals surface area contributed by atoms with E-state index in [1.807, 2.05) is 0 Å². The van der Waals surface area contributed by atoms with E-state index in [-0.39, 0.29) is 0 Å². The lowest BCUT2D eigenvalue weighted by Gasteiger charge is -2.37. The normalized spacial score (nSPS) is 17.6. The Kier molecular flexibility index (Phi) is 3.99. The van der Waals surface area contributed by atoms with Gasteiger partial charge in [-0.2, -0.15) is 13.2 Å². The molecule has 0 saturated heterocycles. The number of halogens is 3. The molecule has 0 aliphatic heterocycles. The summed E-state index contributed by atoms with van der Waals surface area (Å²) in [5.41, 5.74) is -1.04. The summed E-state index contributed by atoms with van der Waals surface area (Å²) in [7, 11) is 0. The predicted molar refractivity (Wildman–Crippen MR) is 64.9 cm³/mol. The SMILES string of the molecule is O=C(O)C1(CNCc2ccc(C(F)(F)F)nc2)CCC1. The molecule has 0 atom stereocenters. The van der Waals surface area contributed by atoms with Gasteiger partial charge in [0.1, 0.15) is 5.69 Å². The van der Waals surface area contributed by atoms with Crippen molar-refractivity contribution in [2.24, 2.45) is 5.41 Å². The van der Waals surface area contributed by atoms with Crippen LogP contribution in [0.25, 0.3) is 0 Å². The Bertz CT molecular complexity index is 481. The Morgan fingerprint density at radius 1 is 1.40 bits per heavy atom. The summed E-state index contributed by atoms with van der Waals surface area (Å²) < 4.78 is 37.0. The fraction of sp³-hybridized carbons (Fsp3) is 0.538. The molecule has 0 bridgehead atoms. The first kappa shape index (κ1) is 14.8. The molecule has 0 aromatic carbocycles. The third-order valence-electron chi connectivity index (χ3n) is 3.67. The number of carboxylic acid groups (broad SMARTS) is 1. The van der Waals surface area contributed by atoms with Gasteiger partial charge in [0.15, 0.2) is 0 Å². The van der Waals surface area contributed by atoms with Crippen LogP contribution in [-0.2, 0) is 17.5 Å². The first-order valence-corrected chi connectivity index (χ1v) is 6.30. The van der Waals surface area contributed by atoms with Crippen molar-refractivity contribution in [3.05, 3.63) is 29.6 Å². The lowest BCUT2D eigenvalue weighted by atomic mass is 9.69. The molecular weight excluding hydrogens is 273 g/mol. The van der Waals surface area contributed by atoms with Gasteiger partial charge in [0, 0.05) is 19.3 Å². The Morgan fingerprint density at radius 3 is 2.50 bits per heavy atom. The van der Waals surface area contributed by atoms with Crippen molar-refractivity contribution < 1.29 is 23.1 Å². The van der Waals surface area contributed by atoms with E-state index in [1.54, 1.807) is 0 Å². The van der Waals surface area contributed by atoms with Crippen molar-refractivity contribution in [1.29, 1.82) is 0 Å². The van der Waals surface area contributed by atoms with E-state index in [9.17, 15) is 18.0 Å². The molecule has 2 N–H and O–H groups in total. The summed E-state index contributed by atoms with van der Waals surface area (Å²) in [5.74, 6) is -0.818. The molecule has 110 valence electrons. The van der Waals surface area contributed by atoms with Crippen molar-refractivity contribution in [3.8, 4) is 0 Å². The molecule has 1 aromatic rings. The van der Waals surface area contributed by atoms with Crippen LogP contribution in [0, 0.1) is 5.41 Å².